The van der Waals surface area contributed by atoms with Crippen molar-refractivity contribution in [3.05, 3.63) is 26.8 Å². The monoisotopic (exact) mass is 362 g/mol. The largest absolute Gasteiger partial charge is 0.497 e. The number of carbonyl (C=O) groups excluding carboxylic acids is 1. The molecule has 2 rings (SSSR count). The summed E-state index contributed by atoms with van der Waals surface area (Å²) in [5, 5.41) is 10.5. The fourth-order valence-corrected chi connectivity index (χ4v) is 2.89. The Morgan fingerprint density at radius 2 is 2.22 bits per heavy atom. The number of hydrogen-bond acceptors (Lipinski definition) is 4. The first-order valence-electron chi connectivity index (χ1n) is 5.85. The number of carbonyl (C=O) groups is 1. The van der Waals surface area contributed by atoms with Crippen molar-refractivity contribution >= 4 is 28.6 Å². The summed E-state index contributed by atoms with van der Waals surface area (Å²) in [5.74, 6) is -1.35. The van der Waals surface area contributed by atoms with E-state index >= 15 is 0 Å². The third-order valence-electron chi connectivity index (χ3n) is 3.06. The van der Waals surface area contributed by atoms with Gasteiger partial charge in [-0.15, -0.1) is 0 Å². The first kappa shape index (κ1) is 13.6. The van der Waals surface area contributed by atoms with Crippen LogP contribution in [0.2, 0.25) is 0 Å². The van der Waals surface area contributed by atoms with Crippen LogP contribution >= 0.6 is 22.6 Å². The van der Waals surface area contributed by atoms with E-state index in [9.17, 15) is 9.90 Å². The quantitative estimate of drug-likeness (QED) is 0.661. The Bertz CT molecular complexity index is 486. The van der Waals surface area contributed by atoms with Gasteiger partial charge >= 0.3 is 5.97 Å². The molecule has 0 aliphatic carbocycles. The minimum absolute atomic E-state index is 0.408. The van der Waals surface area contributed by atoms with Gasteiger partial charge in [0.05, 0.1) is 12.7 Å². The number of fused-ring (bicyclic) bond motifs is 1. The van der Waals surface area contributed by atoms with Crippen molar-refractivity contribution in [1.29, 1.82) is 0 Å². The van der Waals surface area contributed by atoms with E-state index in [4.69, 9.17) is 9.47 Å². The molecular weight excluding hydrogens is 347 g/mol. The molecule has 98 valence electrons. The van der Waals surface area contributed by atoms with E-state index in [0.29, 0.717) is 23.3 Å². The second-order valence-corrected chi connectivity index (χ2v) is 5.47. The summed E-state index contributed by atoms with van der Waals surface area (Å²) < 4.78 is 11.1. The number of aliphatic hydroxyl groups is 1. The van der Waals surface area contributed by atoms with Crippen LogP contribution in [0.3, 0.4) is 0 Å². The van der Waals surface area contributed by atoms with Gasteiger partial charge in [-0.25, -0.2) is 4.79 Å². The first-order chi connectivity index (χ1) is 8.51. The summed E-state index contributed by atoms with van der Waals surface area (Å²) in [5.41, 5.74) is 0.972. The van der Waals surface area contributed by atoms with Gasteiger partial charge in [0.2, 0.25) is 5.79 Å². The van der Waals surface area contributed by atoms with Gasteiger partial charge in [0, 0.05) is 15.6 Å². The third-order valence-corrected chi connectivity index (χ3v) is 3.91. The van der Waals surface area contributed by atoms with Gasteiger partial charge in [-0.3, -0.25) is 0 Å². The lowest BCUT2D eigenvalue weighted by molar-refractivity contribution is -0.168. The normalized spacial score (nSPS) is 21.7. The summed E-state index contributed by atoms with van der Waals surface area (Å²) in [6, 6.07) is 3.43. The topological polar surface area (TPSA) is 55.8 Å². The highest BCUT2D eigenvalue weighted by Gasteiger charge is 2.45. The minimum atomic E-state index is -1.50. The highest BCUT2D eigenvalue weighted by molar-refractivity contribution is 14.1. The minimum Gasteiger partial charge on any atom is -0.497 e. The lowest BCUT2D eigenvalue weighted by Gasteiger charge is -2.22. The van der Waals surface area contributed by atoms with Crippen LogP contribution in [0.15, 0.2) is 12.1 Å². The number of hydrogen-bond donors (Lipinski definition) is 1. The number of cyclic esters (lactones) is 1. The summed E-state index contributed by atoms with van der Waals surface area (Å²) in [4.78, 5) is 11.8. The van der Waals surface area contributed by atoms with Crippen LogP contribution in [0.4, 0.5) is 0 Å². The summed E-state index contributed by atoms with van der Waals surface area (Å²) in [6.07, 6.45) is 2.12. The van der Waals surface area contributed by atoms with Crippen molar-refractivity contribution in [3.63, 3.8) is 0 Å². The Morgan fingerprint density at radius 1 is 1.50 bits per heavy atom. The fourth-order valence-electron chi connectivity index (χ4n) is 2.08. The van der Waals surface area contributed by atoms with E-state index in [1.165, 1.54) is 0 Å². The molecule has 1 aromatic rings. The van der Waals surface area contributed by atoms with Crippen LogP contribution in [-0.2, 0) is 10.5 Å². The van der Waals surface area contributed by atoms with Gasteiger partial charge < -0.3 is 14.6 Å². The third kappa shape index (κ3) is 2.21. The maximum Gasteiger partial charge on any atom is 0.342 e. The zero-order chi connectivity index (χ0) is 13.3. The van der Waals surface area contributed by atoms with Crippen LogP contribution in [0.25, 0.3) is 0 Å². The second kappa shape index (κ2) is 5.05. The zero-order valence-corrected chi connectivity index (χ0v) is 12.5. The molecule has 4 nitrogen and oxygen atoms in total. The molecule has 0 saturated heterocycles. The highest BCUT2D eigenvalue weighted by Crippen LogP contribution is 2.41. The fraction of sp³-hybridized carbons (Fsp3) is 0.462. The summed E-state index contributed by atoms with van der Waals surface area (Å²) in [6.45, 7) is 2.02. The number of halogens is 1. The number of rotatable bonds is 4. The molecule has 5 heteroatoms. The van der Waals surface area contributed by atoms with Crippen LogP contribution in [-0.4, -0.2) is 18.2 Å². The molecule has 0 fully saturated rings. The predicted molar refractivity (Wildman–Crippen MR) is 74.5 cm³/mol. The van der Waals surface area contributed by atoms with Gasteiger partial charge in [-0.2, -0.15) is 0 Å². The van der Waals surface area contributed by atoms with Crippen molar-refractivity contribution in [2.24, 2.45) is 0 Å². The van der Waals surface area contributed by atoms with Gasteiger partial charge in [0.1, 0.15) is 5.75 Å². The average Bonchev–Trinajstić information content (AvgIpc) is 2.59. The van der Waals surface area contributed by atoms with Crippen molar-refractivity contribution in [1.82, 2.24) is 0 Å². The molecule has 0 spiro atoms. The molecule has 1 atom stereocenters. The number of ether oxygens (including phenoxy) is 2. The van der Waals surface area contributed by atoms with Crippen molar-refractivity contribution < 1.29 is 19.4 Å². The predicted octanol–water partition coefficient (Wildman–Crippen LogP) is 2.81. The molecule has 0 saturated carbocycles. The molecular formula is C13H15IO4. The maximum absolute atomic E-state index is 11.8. The van der Waals surface area contributed by atoms with Crippen LogP contribution < -0.4 is 4.74 Å². The van der Waals surface area contributed by atoms with E-state index in [-0.39, 0.29) is 0 Å². The Balaban J connectivity index is 2.49. The Kier molecular flexibility index (Phi) is 3.82. The van der Waals surface area contributed by atoms with E-state index in [1.54, 1.807) is 19.2 Å². The maximum atomic E-state index is 11.8. The molecule has 1 unspecified atom stereocenters. The lowest BCUT2D eigenvalue weighted by atomic mass is 9.97. The summed E-state index contributed by atoms with van der Waals surface area (Å²) in [7, 11) is 1.56. The molecule has 1 N–H and O–H groups in total. The van der Waals surface area contributed by atoms with Crippen LogP contribution in [0.1, 0.15) is 42.1 Å². The smallest absolute Gasteiger partial charge is 0.342 e. The zero-order valence-electron chi connectivity index (χ0n) is 10.3. The molecule has 1 heterocycles. The van der Waals surface area contributed by atoms with E-state index in [2.05, 4.69) is 22.6 Å². The number of unbranched alkanes of at least 4 members (excludes halogenated alkanes) is 1. The molecule has 0 bridgehead atoms. The standard InChI is InChI=1S/C13H15IO4/c1-3-4-5-13(16)9-6-8(17-2)7-10(14)11(9)12(15)18-13/h6-7,16H,3-5H2,1-2H3. The second-order valence-electron chi connectivity index (χ2n) is 4.31. The Hall–Kier alpha value is -0.820. The van der Waals surface area contributed by atoms with Crippen molar-refractivity contribution in [2.45, 2.75) is 32.0 Å². The Labute approximate surface area is 119 Å². The summed E-state index contributed by atoms with van der Waals surface area (Å²) >= 11 is 2.05. The van der Waals surface area contributed by atoms with Gasteiger partial charge in [-0.05, 0) is 41.1 Å². The first-order valence-corrected chi connectivity index (χ1v) is 6.93. The van der Waals surface area contributed by atoms with Gasteiger partial charge in [0.15, 0.2) is 0 Å². The molecule has 0 radical (unpaired) electrons. The molecule has 1 aromatic carbocycles. The van der Waals surface area contributed by atoms with Crippen LogP contribution in [0.5, 0.6) is 5.75 Å². The molecule has 0 amide bonds. The van der Waals surface area contributed by atoms with E-state index < -0.39 is 11.8 Å². The van der Waals surface area contributed by atoms with Crippen LogP contribution in [0, 0.1) is 3.57 Å². The highest BCUT2D eigenvalue weighted by atomic mass is 127. The number of methoxy groups -OCH3 is 1. The molecule has 1 aliphatic rings. The van der Waals surface area contributed by atoms with Crippen molar-refractivity contribution in [3.8, 4) is 5.75 Å². The molecule has 1 aliphatic heterocycles. The van der Waals surface area contributed by atoms with Gasteiger partial charge in [0.25, 0.3) is 0 Å². The number of esters is 1. The Morgan fingerprint density at radius 3 is 2.83 bits per heavy atom. The van der Waals surface area contributed by atoms with E-state index in [0.717, 1.165) is 16.4 Å². The van der Waals surface area contributed by atoms with E-state index in [1.807, 2.05) is 6.92 Å². The average molecular weight is 362 g/mol. The van der Waals surface area contributed by atoms with Crippen molar-refractivity contribution in [2.75, 3.05) is 7.11 Å². The lowest BCUT2D eigenvalue weighted by Crippen LogP contribution is -2.25. The van der Waals surface area contributed by atoms with Gasteiger partial charge in [-0.1, -0.05) is 13.3 Å². The molecule has 0 aromatic heterocycles. The number of benzene rings is 1. The SMILES string of the molecule is CCCCC1(O)OC(=O)c2c(I)cc(OC)cc21. The molecule has 18 heavy (non-hydrogen) atoms.